The van der Waals surface area contributed by atoms with E-state index in [1.54, 1.807) is 4.68 Å². The maximum Gasteiger partial charge on any atom is 0.252 e. The second-order valence-electron chi connectivity index (χ2n) is 10.5. The molecule has 0 aliphatic carbocycles. The molecule has 1 N–H and O–H groups in total. The maximum absolute atomic E-state index is 13.5. The Hall–Kier alpha value is -3.32. The lowest BCUT2D eigenvalue weighted by Gasteiger charge is -2.40. The number of ether oxygens (including phenoxy) is 1. The summed E-state index contributed by atoms with van der Waals surface area (Å²) in [6, 6.07) is 12.7. The van der Waals surface area contributed by atoms with Gasteiger partial charge in [-0.1, -0.05) is 13.0 Å². The van der Waals surface area contributed by atoms with Crippen molar-refractivity contribution in [2.24, 2.45) is 7.05 Å². The van der Waals surface area contributed by atoms with Gasteiger partial charge in [0.25, 0.3) is 5.91 Å². The third kappa shape index (κ3) is 6.34. The molecular weight excluding hydrogens is 462 g/mol. The quantitative estimate of drug-likeness (QED) is 0.458. The third-order valence-corrected chi connectivity index (χ3v) is 7.27. The van der Waals surface area contributed by atoms with Crippen molar-refractivity contribution in [3.05, 3.63) is 65.5 Å². The molecule has 37 heavy (non-hydrogen) atoms. The van der Waals surface area contributed by atoms with E-state index in [-0.39, 0.29) is 18.1 Å². The molecule has 1 aliphatic heterocycles. The number of nitrogens with zero attached hydrogens (tertiary/aromatic N) is 4. The molecule has 7 nitrogen and oxygen atoms in total. The van der Waals surface area contributed by atoms with Gasteiger partial charge in [0.05, 0.1) is 18.3 Å². The summed E-state index contributed by atoms with van der Waals surface area (Å²) >= 11 is 0. The number of amides is 1. The van der Waals surface area contributed by atoms with Gasteiger partial charge >= 0.3 is 0 Å². The van der Waals surface area contributed by atoms with Crippen molar-refractivity contribution in [2.45, 2.75) is 59.2 Å². The first-order valence-corrected chi connectivity index (χ1v) is 13.3. The molecule has 198 valence electrons. The molecule has 1 fully saturated rings. The Morgan fingerprint density at radius 3 is 2.57 bits per heavy atom. The standard InChI is InChI=1S/C30H41N5O2/c1-8-26-19-35(12-11-33(26)6)27-10-9-21(4)29(16-27)30(36)32-22(5)23-13-24(25-17-31-34(7)18-25)15-28(14-23)37-20(2)3/h9-10,13-18,20,22,26H,8,11-12,19H2,1-7H3,(H,32,36)/t22-,26-/m1/s1. The number of nitrogens with one attached hydrogen (secondary N) is 1. The predicted molar refractivity (Wildman–Crippen MR) is 150 cm³/mol. The number of rotatable bonds is 8. The normalized spacial score (nSPS) is 17.2. The molecule has 4 rings (SSSR count). The molecule has 2 atom stereocenters. The van der Waals surface area contributed by atoms with Crippen LogP contribution in [0.2, 0.25) is 0 Å². The van der Waals surface area contributed by atoms with Crippen LogP contribution in [0.3, 0.4) is 0 Å². The van der Waals surface area contributed by atoms with Crippen LogP contribution < -0.4 is 15.0 Å². The molecule has 0 bridgehead atoms. The first-order chi connectivity index (χ1) is 17.6. The molecule has 1 amide bonds. The third-order valence-electron chi connectivity index (χ3n) is 7.27. The number of piperazine rings is 1. The van der Waals surface area contributed by atoms with Gasteiger partial charge in [0.15, 0.2) is 0 Å². The average molecular weight is 504 g/mol. The van der Waals surface area contributed by atoms with E-state index >= 15 is 0 Å². The largest absolute Gasteiger partial charge is 0.491 e. The van der Waals surface area contributed by atoms with E-state index in [4.69, 9.17) is 4.74 Å². The number of carbonyl (C=O) groups excluding carboxylic acids is 1. The zero-order valence-electron chi connectivity index (χ0n) is 23.3. The summed E-state index contributed by atoms with van der Waals surface area (Å²) in [7, 11) is 4.10. The Balaban J connectivity index is 1.56. The summed E-state index contributed by atoms with van der Waals surface area (Å²) in [4.78, 5) is 18.3. The van der Waals surface area contributed by atoms with Gasteiger partial charge in [0.2, 0.25) is 0 Å². The van der Waals surface area contributed by atoms with Crippen molar-refractivity contribution in [3.63, 3.8) is 0 Å². The van der Waals surface area contributed by atoms with E-state index < -0.39 is 0 Å². The SMILES string of the molecule is CC[C@@H]1CN(c2ccc(C)c(C(=O)N[C@H](C)c3cc(OC(C)C)cc(-c4cnn(C)c4)c3)c2)CCN1C. The topological polar surface area (TPSA) is 62.6 Å². The van der Waals surface area contributed by atoms with Crippen molar-refractivity contribution >= 4 is 11.6 Å². The second-order valence-corrected chi connectivity index (χ2v) is 10.5. The van der Waals surface area contributed by atoms with Gasteiger partial charge in [-0.15, -0.1) is 0 Å². The lowest BCUT2D eigenvalue weighted by atomic mass is 10.00. The summed E-state index contributed by atoms with van der Waals surface area (Å²) in [6.45, 7) is 13.3. The van der Waals surface area contributed by atoms with E-state index in [1.165, 1.54) is 0 Å². The van der Waals surface area contributed by atoms with E-state index in [0.717, 1.165) is 65.3 Å². The van der Waals surface area contributed by atoms with Crippen LogP contribution in [0.1, 0.15) is 61.6 Å². The highest BCUT2D eigenvalue weighted by atomic mass is 16.5. The molecule has 0 spiro atoms. The van der Waals surface area contributed by atoms with Gasteiger partial charge in [-0.05, 0) is 88.2 Å². The number of anilines is 1. The van der Waals surface area contributed by atoms with Crippen LogP contribution in [0.15, 0.2) is 48.8 Å². The summed E-state index contributed by atoms with van der Waals surface area (Å²) < 4.78 is 7.83. The summed E-state index contributed by atoms with van der Waals surface area (Å²) in [6.07, 6.45) is 4.99. The van der Waals surface area contributed by atoms with Gasteiger partial charge < -0.3 is 15.0 Å². The van der Waals surface area contributed by atoms with Gasteiger partial charge in [-0.3, -0.25) is 14.4 Å². The fourth-order valence-corrected chi connectivity index (χ4v) is 4.98. The molecule has 2 heterocycles. The Kier molecular flexibility index (Phi) is 8.22. The Labute approximate surface area is 221 Å². The zero-order chi connectivity index (χ0) is 26.7. The van der Waals surface area contributed by atoms with Crippen LogP contribution in [-0.4, -0.2) is 59.4 Å². The maximum atomic E-state index is 13.5. The lowest BCUT2D eigenvalue weighted by molar-refractivity contribution is 0.0939. The molecule has 0 radical (unpaired) electrons. The molecule has 1 aromatic heterocycles. The summed E-state index contributed by atoms with van der Waals surface area (Å²) in [5, 5.41) is 7.55. The number of hydrogen-bond acceptors (Lipinski definition) is 5. The second kappa shape index (κ2) is 11.4. The fraction of sp³-hybridized carbons (Fsp3) is 0.467. The van der Waals surface area contributed by atoms with E-state index in [9.17, 15) is 4.79 Å². The molecular formula is C30H41N5O2. The van der Waals surface area contributed by atoms with Gasteiger partial charge in [0.1, 0.15) is 5.75 Å². The summed E-state index contributed by atoms with van der Waals surface area (Å²) in [5.41, 5.74) is 5.82. The van der Waals surface area contributed by atoms with Crippen molar-refractivity contribution in [3.8, 4) is 16.9 Å². The van der Waals surface area contributed by atoms with Crippen LogP contribution in [-0.2, 0) is 7.05 Å². The number of aryl methyl sites for hydroxylation is 2. The molecule has 1 aliphatic rings. The monoisotopic (exact) mass is 503 g/mol. The Morgan fingerprint density at radius 1 is 1.11 bits per heavy atom. The Bertz CT molecular complexity index is 1230. The molecule has 2 aromatic carbocycles. The minimum absolute atomic E-state index is 0.0502. The van der Waals surface area contributed by atoms with Crippen molar-refractivity contribution in [1.29, 1.82) is 0 Å². The van der Waals surface area contributed by atoms with Crippen LogP contribution in [0, 0.1) is 6.92 Å². The molecule has 3 aromatic rings. The van der Waals surface area contributed by atoms with Crippen molar-refractivity contribution in [2.75, 3.05) is 31.6 Å². The number of aromatic nitrogens is 2. The van der Waals surface area contributed by atoms with Crippen LogP contribution in [0.25, 0.3) is 11.1 Å². The van der Waals surface area contributed by atoms with Gasteiger partial charge in [-0.25, -0.2) is 0 Å². The average Bonchev–Trinajstić information content (AvgIpc) is 3.30. The molecule has 0 saturated carbocycles. The highest BCUT2D eigenvalue weighted by molar-refractivity contribution is 5.97. The molecule has 1 saturated heterocycles. The van der Waals surface area contributed by atoms with Gasteiger partial charge in [-0.2, -0.15) is 5.10 Å². The van der Waals surface area contributed by atoms with Crippen LogP contribution in [0.4, 0.5) is 5.69 Å². The number of carbonyl (C=O) groups is 1. The van der Waals surface area contributed by atoms with Crippen LogP contribution >= 0.6 is 0 Å². The number of hydrogen-bond donors (Lipinski definition) is 1. The van der Waals surface area contributed by atoms with E-state index in [0.29, 0.717) is 6.04 Å². The van der Waals surface area contributed by atoms with Crippen molar-refractivity contribution < 1.29 is 9.53 Å². The number of likely N-dealkylation sites (N-methyl/N-ethyl adjacent to an activating group) is 1. The van der Waals surface area contributed by atoms with E-state index in [1.807, 2.05) is 59.3 Å². The molecule has 7 heteroatoms. The minimum atomic E-state index is -0.199. The zero-order valence-corrected chi connectivity index (χ0v) is 23.3. The highest BCUT2D eigenvalue weighted by Gasteiger charge is 2.24. The predicted octanol–water partition coefficient (Wildman–Crippen LogP) is 5.20. The van der Waals surface area contributed by atoms with Crippen LogP contribution in [0.5, 0.6) is 5.75 Å². The van der Waals surface area contributed by atoms with E-state index in [2.05, 4.69) is 58.5 Å². The molecule has 0 unspecified atom stereocenters. The highest BCUT2D eigenvalue weighted by Crippen LogP contribution is 2.30. The fourth-order valence-electron chi connectivity index (χ4n) is 4.98. The lowest BCUT2D eigenvalue weighted by Crippen LogP contribution is -2.51. The number of benzene rings is 2. The Morgan fingerprint density at radius 2 is 1.89 bits per heavy atom. The smallest absolute Gasteiger partial charge is 0.252 e. The van der Waals surface area contributed by atoms with Crippen molar-refractivity contribution in [1.82, 2.24) is 20.0 Å². The minimum Gasteiger partial charge on any atom is -0.491 e. The summed E-state index contributed by atoms with van der Waals surface area (Å²) in [5.74, 6) is 0.720. The first kappa shape index (κ1) is 26.7. The first-order valence-electron chi connectivity index (χ1n) is 13.3. The van der Waals surface area contributed by atoms with Gasteiger partial charge in [0, 0.05) is 55.7 Å².